The van der Waals surface area contributed by atoms with Gasteiger partial charge in [0, 0.05) is 19.1 Å². The van der Waals surface area contributed by atoms with Crippen molar-refractivity contribution in [3.63, 3.8) is 0 Å². The Morgan fingerprint density at radius 3 is 2.50 bits per heavy atom. The molecular weight excluding hydrogens is 176 g/mol. The van der Waals surface area contributed by atoms with Crippen LogP contribution in [0.3, 0.4) is 0 Å². The zero-order chi connectivity index (χ0) is 10.4. The van der Waals surface area contributed by atoms with Crippen molar-refractivity contribution in [3.05, 3.63) is 35.9 Å². The summed E-state index contributed by atoms with van der Waals surface area (Å²) in [6, 6.07) is 9.73. The number of benzene rings is 1. The van der Waals surface area contributed by atoms with Gasteiger partial charge in [-0.1, -0.05) is 30.3 Å². The van der Waals surface area contributed by atoms with Gasteiger partial charge in [0.1, 0.15) is 0 Å². The lowest BCUT2D eigenvalue weighted by atomic mass is 10.1. The Morgan fingerprint density at radius 2 is 1.93 bits per heavy atom. The van der Waals surface area contributed by atoms with Crippen molar-refractivity contribution in [1.82, 2.24) is 5.32 Å². The molecule has 0 unspecified atom stereocenters. The molecule has 0 aliphatic carbocycles. The molecule has 0 fully saturated rings. The van der Waals surface area contributed by atoms with E-state index in [1.807, 2.05) is 37.3 Å². The molecule has 0 amide bonds. The van der Waals surface area contributed by atoms with Crippen LogP contribution >= 0.6 is 0 Å². The van der Waals surface area contributed by atoms with Gasteiger partial charge in [-0.3, -0.25) is 0 Å². The van der Waals surface area contributed by atoms with Gasteiger partial charge in [-0.05, 0) is 12.5 Å². The minimum atomic E-state index is -0.449. The Bertz CT molecular complexity index is 249. The second-order valence-electron chi connectivity index (χ2n) is 3.56. The normalized spacial score (nSPS) is 15.1. The molecular formula is C11H18N2O. The lowest BCUT2D eigenvalue weighted by molar-refractivity contribution is 0.174. The van der Waals surface area contributed by atoms with Crippen LogP contribution in [-0.2, 0) is 0 Å². The van der Waals surface area contributed by atoms with Crippen molar-refractivity contribution >= 4 is 0 Å². The molecule has 0 aromatic heterocycles. The van der Waals surface area contributed by atoms with E-state index in [4.69, 9.17) is 5.73 Å². The van der Waals surface area contributed by atoms with Gasteiger partial charge in [-0.15, -0.1) is 0 Å². The average Bonchev–Trinajstić information content (AvgIpc) is 2.18. The van der Waals surface area contributed by atoms with E-state index in [2.05, 4.69) is 5.32 Å². The first kappa shape index (κ1) is 11.2. The smallest absolute Gasteiger partial charge is 0.0914 e. The largest absolute Gasteiger partial charge is 0.387 e. The van der Waals surface area contributed by atoms with Crippen molar-refractivity contribution < 1.29 is 5.11 Å². The molecule has 1 rings (SSSR count). The summed E-state index contributed by atoms with van der Waals surface area (Å²) < 4.78 is 0. The monoisotopic (exact) mass is 194 g/mol. The second-order valence-corrected chi connectivity index (χ2v) is 3.56. The highest BCUT2D eigenvalue weighted by Gasteiger charge is 2.05. The Labute approximate surface area is 84.9 Å². The van der Waals surface area contributed by atoms with Crippen LogP contribution in [0.2, 0.25) is 0 Å². The molecule has 0 radical (unpaired) electrons. The van der Waals surface area contributed by atoms with Gasteiger partial charge in [0.25, 0.3) is 0 Å². The molecule has 14 heavy (non-hydrogen) atoms. The predicted octanol–water partition coefficient (Wildman–Crippen LogP) is 0.657. The van der Waals surface area contributed by atoms with Crippen molar-refractivity contribution in [2.75, 3.05) is 13.1 Å². The minimum Gasteiger partial charge on any atom is -0.387 e. The van der Waals surface area contributed by atoms with Crippen LogP contribution in [0, 0.1) is 0 Å². The second kappa shape index (κ2) is 5.75. The topological polar surface area (TPSA) is 58.3 Å². The molecule has 1 aromatic carbocycles. The average molecular weight is 194 g/mol. The Balaban J connectivity index is 2.32. The molecule has 4 N–H and O–H groups in total. The number of nitrogens with two attached hydrogens (primary N) is 1. The van der Waals surface area contributed by atoms with E-state index in [1.54, 1.807) is 0 Å². The Hall–Kier alpha value is -0.900. The van der Waals surface area contributed by atoms with Crippen LogP contribution < -0.4 is 11.1 Å². The molecule has 0 aliphatic heterocycles. The Kier molecular flexibility index (Phi) is 4.59. The molecule has 0 heterocycles. The third-order valence-corrected chi connectivity index (χ3v) is 1.99. The number of aliphatic hydroxyl groups is 1. The number of aliphatic hydroxyl groups excluding tert-OH is 1. The molecule has 3 heteroatoms. The van der Waals surface area contributed by atoms with Gasteiger partial charge in [0.15, 0.2) is 0 Å². The number of rotatable bonds is 5. The van der Waals surface area contributed by atoms with Gasteiger partial charge in [-0.2, -0.15) is 0 Å². The van der Waals surface area contributed by atoms with Crippen LogP contribution in [0.4, 0.5) is 0 Å². The Morgan fingerprint density at radius 1 is 1.29 bits per heavy atom. The first-order valence-electron chi connectivity index (χ1n) is 4.89. The van der Waals surface area contributed by atoms with E-state index < -0.39 is 6.10 Å². The van der Waals surface area contributed by atoms with Crippen LogP contribution in [0.5, 0.6) is 0 Å². The maximum absolute atomic E-state index is 9.73. The first-order valence-corrected chi connectivity index (χ1v) is 4.89. The quantitative estimate of drug-likeness (QED) is 0.645. The summed E-state index contributed by atoms with van der Waals surface area (Å²) >= 11 is 0. The molecule has 0 saturated carbocycles. The summed E-state index contributed by atoms with van der Waals surface area (Å²) in [5.74, 6) is 0. The van der Waals surface area contributed by atoms with E-state index >= 15 is 0 Å². The summed E-state index contributed by atoms with van der Waals surface area (Å²) in [5, 5.41) is 12.8. The van der Waals surface area contributed by atoms with Gasteiger partial charge < -0.3 is 16.2 Å². The highest BCUT2D eigenvalue weighted by atomic mass is 16.3. The lowest BCUT2D eigenvalue weighted by Gasteiger charge is -2.13. The summed E-state index contributed by atoms with van der Waals surface area (Å²) in [7, 11) is 0. The van der Waals surface area contributed by atoms with Crippen LogP contribution in [0.15, 0.2) is 30.3 Å². The van der Waals surface area contributed by atoms with Gasteiger partial charge in [0.2, 0.25) is 0 Å². The summed E-state index contributed by atoms with van der Waals surface area (Å²) in [5.41, 5.74) is 6.51. The van der Waals surface area contributed by atoms with E-state index in [9.17, 15) is 5.11 Å². The highest BCUT2D eigenvalue weighted by Crippen LogP contribution is 2.10. The van der Waals surface area contributed by atoms with Crippen molar-refractivity contribution in [3.8, 4) is 0 Å². The minimum absolute atomic E-state index is 0.123. The third-order valence-electron chi connectivity index (χ3n) is 1.99. The lowest BCUT2D eigenvalue weighted by Crippen LogP contribution is -2.33. The van der Waals surface area contributed by atoms with E-state index in [0.717, 1.165) is 12.1 Å². The maximum Gasteiger partial charge on any atom is 0.0914 e. The molecule has 1 aromatic rings. The van der Waals surface area contributed by atoms with Crippen molar-refractivity contribution in [2.24, 2.45) is 5.73 Å². The molecule has 0 saturated heterocycles. The molecule has 78 valence electrons. The summed E-state index contributed by atoms with van der Waals surface area (Å²) in [4.78, 5) is 0. The van der Waals surface area contributed by atoms with Crippen LogP contribution in [0.1, 0.15) is 18.6 Å². The fourth-order valence-corrected chi connectivity index (χ4v) is 1.24. The first-order chi connectivity index (χ1) is 6.70. The van der Waals surface area contributed by atoms with Crippen molar-refractivity contribution in [2.45, 2.75) is 19.1 Å². The standard InChI is InChI=1S/C11H18N2O/c1-9(12)7-13-8-11(14)10-5-3-2-4-6-10/h2-6,9,11,13-14H,7-8,12H2,1H3/t9-,11-/m1/s1. The van der Waals surface area contributed by atoms with Gasteiger partial charge in [-0.25, -0.2) is 0 Å². The predicted molar refractivity (Wildman–Crippen MR) is 57.9 cm³/mol. The number of nitrogens with one attached hydrogen (secondary N) is 1. The summed E-state index contributed by atoms with van der Waals surface area (Å²) in [6.07, 6.45) is -0.449. The summed E-state index contributed by atoms with van der Waals surface area (Å²) in [6.45, 7) is 3.21. The molecule has 0 aliphatic rings. The van der Waals surface area contributed by atoms with Gasteiger partial charge >= 0.3 is 0 Å². The SMILES string of the molecule is C[C@@H](N)CNC[C@@H](O)c1ccccc1. The molecule has 2 atom stereocenters. The molecule has 0 spiro atoms. The zero-order valence-corrected chi connectivity index (χ0v) is 8.48. The fraction of sp³-hybridized carbons (Fsp3) is 0.455. The van der Waals surface area contributed by atoms with Gasteiger partial charge in [0.05, 0.1) is 6.10 Å². The zero-order valence-electron chi connectivity index (χ0n) is 8.48. The maximum atomic E-state index is 9.73. The van der Waals surface area contributed by atoms with E-state index in [0.29, 0.717) is 6.54 Å². The number of hydrogen-bond acceptors (Lipinski definition) is 3. The fourth-order valence-electron chi connectivity index (χ4n) is 1.24. The number of hydrogen-bond donors (Lipinski definition) is 3. The van der Waals surface area contributed by atoms with Crippen LogP contribution in [0.25, 0.3) is 0 Å². The van der Waals surface area contributed by atoms with Crippen LogP contribution in [-0.4, -0.2) is 24.2 Å². The molecule has 0 bridgehead atoms. The van der Waals surface area contributed by atoms with E-state index in [1.165, 1.54) is 0 Å². The highest BCUT2D eigenvalue weighted by molar-refractivity contribution is 5.17. The third kappa shape index (κ3) is 3.87. The van der Waals surface area contributed by atoms with E-state index in [-0.39, 0.29) is 6.04 Å². The molecule has 3 nitrogen and oxygen atoms in total. The van der Waals surface area contributed by atoms with Crippen molar-refractivity contribution in [1.29, 1.82) is 0 Å².